The average molecular weight is 368 g/mol. The normalized spacial score (nSPS) is 18.5. The second-order valence-corrected chi connectivity index (χ2v) is 7.21. The number of morpholine rings is 1. The van der Waals surface area contributed by atoms with Crippen molar-refractivity contribution >= 4 is 10.0 Å². The van der Waals surface area contributed by atoms with Crippen molar-refractivity contribution < 1.29 is 31.4 Å². The summed E-state index contributed by atoms with van der Waals surface area (Å²) in [5.74, 6) is 0. The van der Waals surface area contributed by atoms with Gasteiger partial charge in [-0.2, -0.15) is 13.2 Å². The number of nitrogens with zero attached hydrogens (tertiary/aromatic N) is 1. The summed E-state index contributed by atoms with van der Waals surface area (Å²) < 4.78 is 68.9. The van der Waals surface area contributed by atoms with Crippen molar-refractivity contribution in [3.8, 4) is 0 Å². The molecule has 24 heavy (non-hydrogen) atoms. The smallest absolute Gasteiger partial charge is 0.390 e. The zero-order valence-corrected chi connectivity index (χ0v) is 13.6. The Kier molecular flexibility index (Phi) is 6.21. The minimum atomic E-state index is -4.52. The topological polar surface area (TPSA) is 78.9 Å². The van der Waals surface area contributed by atoms with Crippen molar-refractivity contribution in [3.63, 3.8) is 0 Å². The van der Waals surface area contributed by atoms with Crippen LogP contribution in [0, 0.1) is 0 Å². The van der Waals surface area contributed by atoms with Crippen LogP contribution >= 0.6 is 0 Å². The summed E-state index contributed by atoms with van der Waals surface area (Å²) in [4.78, 5) is 1.66. The Morgan fingerprint density at radius 1 is 1.21 bits per heavy atom. The molecule has 0 aliphatic carbocycles. The SMILES string of the molecule is O=S(=O)(NC[C@@H](O)CN1CCOCC1)c1ccc(C(F)(F)F)cc1. The summed E-state index contributed by atoms with van der Waals surface area (Å²) in [7, 11) is -3.98. The van der Waals surface area contributed by atoms with Crippen LogP contribution in [0.2, 0.25) is 0 Å². The molecule has 10 heteroatoms. The molecule has 1 heterocycles. The molecule has 1 aromatic rings. The average Bonchev–Trinajstić information content (AvgIpc) is 2.53. The first kappa shape index (κ1) is 19.1. The van der Waals surface area contributed by atoms with Crippen LogP contribution in [-0.4, -0.2) is 63.9 Å². The molecule has 1 saturated heterocycles. The van der Waals surface area contributed by atoms with Crippen molar-refractivity contribution in [2.24, 2.45) is 0 Å². The second kappa shape index (κ2) is 7.79. The third-order valence-electron chi connectivity index (χ3n) is 3.57. The molecule has 0 unspecified atom stereocenters. The summed E-state index contributed by atoms with van der Waals surface area (Å²) in [5, 5.41) is 9.90. The minimum Gasteiger partial charge on any atom is -0.390 e. The Labute approximate surface area is 138 Å². The van der Waals surface area contributed by atoms with Crippen molar-refractivity contribution in [3.05, 3.63) is 29.8 Å². The van der Waals surface area contributed by atoms with E-state index in [1.54, 1.807) is 0 Å². The highest BCUT2D eigenvalue weighted by Gasteiger charge is 2.30. The highest BCUT2D eigenvalue weighted by atomic mass is 32.2. The summed E-state index contributed by atoms with van der Waals surface area (Å²) >= 11 is 0. The third kappa shape index (κ3) is 5.42. The summed E-state index contributed by atoms with van der Waals surface area (Å²) in [5.41, 5.74) is -0.922. The van der Waals surface area contributed by atoms with Crippen LogP contribution in [0.15, 0.2) is 29.2 Å². The number of hydrogen-bond donors (Lipinski definition) is 2. The number of alkyl halides is 3. The number of halogens is 3. The fourth-order valence-electron chi connectivity index (χ4n) is 2.26. The van der Waals surface area contributed by atoms with E-state index in [0.29, 0.717) is 45.0 Å². The molecule has 1 atom stereocenters. The molecule has 136 valence electrons. The van der Waals surface area contributed by atoms with E-state index in [1.165, 1.54) is 0 Å². The maximum Gasteiger partial charge on any atom is 0.416 e. The van der Waals surface area contributed by atoms with E-state index in [-0.39, 0.29) is 11.4 Å². The predicted molar refractivity (Wildman–Crippen MR) is 79.9 cm³/mol. The Morgan fingerprint density at radius 3 is 2.33 bits per heavy atom. The zero-order chi connectivity index (χ0) is 17.8. The molecule has 6 nitrogen and oxygen atoms in total. The summed E-state index contributed by atoms with van der Waals surface area (Å²) in [6.07, 6.45) is -5.45. The highest BCUT2D eigenvalue weighted by molar-refractivity contribution is 7.89. The van der Waals surface area contributed by atoms with Crippen molar-refractivity contribution in [2.45, 2.75) is 17.2 Å². The first-order valence-electron chi connectivity index (χ1n) is 7.33. The lowest BCUT2D eigenvalue weighted by Gasteiger charge is -2.28. The van der Waals surface area contributed by atoms with Gasteiger partial charge in [-0.1, -0.05) is 0 Å². The number of sulfonamides is 1. The Hall–Kier alpha value is -1.20. The van der Waals surface area contributed by atoms with Crippen LogP contribution < -0.4 is 4.72 Å². The van der Waals surface area contributed by atoms with Gasteiger partial charge >= 0.3 is 6.18 Å². The zero-order valence-electron chi connectivity index (χ0n) is 12.8. The minimum absolute atomic E-state index is 0.222. The van der Waals surface area contributed by atoms with Crippen LogP contribution in [-0.2, 0) is 20.9 Å². The molecule has 0 spiro atoms. The van der Waals surface area contributed by atoms with Gasteiger partial charge in [0.05, 0.1) is 29.8 Å². The summed E-state index contributed by atoms with van der Waals surface area (Å²) in [6.45, 7) is 2.50. The van der Waals surface area contributed by atoms with Crippen LogP contribution in [0.4, 0.5) is 13.2 Å². The maximum absolute atomic E-state index is 12.5. The number of rotatable bonds is 6. The summed E-state index contributed by atoms with van der Waals surface area (Å²) in [6, 6.07) is 3.19. The predicted octanol–water partition coefficient (Wildman–Crippen LogP) is 0.677. The molecular formula is C14H19F3N2O4S. The van der Waals surface area contributed by atoms with Crippen molar-refractivity contribution in [1.29, 1.82) is 0 Å². The number of aliphatic hydroxyl groups is 1. The molecule has 1 aromatic carbocycles. The molecule has 2 rings (SSSR count). The molecule has 0 amide bonds. The Morgan fingerprint density at radius 2 is 1.79 bits per heavy atom. The number of nitrogens with one attached hydrogen (secondary N) is 1. The molecule has 1 fully saturated rings. The highest BCUT2D eigenvalue weighted by Crippen LogP contribution is 2.29. The van der Waals surface area contributed by atoms with Gasteiger partial charge in [-0.15, -0.1) is 0 Å². The van der Waals surface area contributed by atoms with Crippen LogP contribution in [0.3, 0.4) is 0 Å². The van der Waals surface area contributed by atoms with Gasteiger partial charge in [0.15, 0.2) is 0 Å². The van der Waals surface area contributed by atoms with E-state index in [1.807, 2.05) is 4.90 Å². The lowest BCUT2D eigenvalue weighted by molar-refractivity contribution is -0.137. The van der Waals surface area contributed by atoms with Crippen molar-refractivity contribution in [2.75, 3.05) is 39.4 Å². The lowest BCUT2D eigenvalue weighted by Crippen LogP contribution is -2.44. The standard InChI is InChI=1S/C14H19F3N2O4S/c15-14(16,17)11-1-3-13(4-2-11)24(21,22)18-9-12(20)10-19-5-7-23-8-6-19/h1-4,12,18,20H,5-10H2/t12-/m1/s1. The monoisotopic (exact) mass is 368 g/mol. The largest absolute Gasteiger partial charge is 0.416 e. The van der Waals surface area contributed by atoms with E-state index in [4.69, 9.17) is 4.74 Å². The quantitative estimate of drug-likeness (QED) is 0.772. The molecule has 2 N–H and O–H groups in total. The molecule has 1 aliphatic rings. The van der Waals surface area contributed by atoms with E-state index in [0.717, 1.165) is 12.1 Å². The first-order chi connectivity index (χ1) is 11.2. The van der Waals surface area contributed by atoms with Crippen LogP contribution in [0.5, 0.6) is 0 Å². The van der Waals surface area contributed by atoms with Crippen LogP contribution in [0.1, 0.15) is 5.56 Å². The van der Waals surface area contributed by atoms with E-state index >= 15 is 0 Å². The number of ether oxygens (including phenoxy) is 1. The van der Waals surface area contributed by atoms with Gasteiger partial charge in [-0.3, -0.25) is 4.90 Å². The van der Waals surface area contributed by atoms with Gasteiger partial charge in [0.2, 0.25) is 10.0 Å². The van der Waals surface area contributed by atoms with Crippen molar-refractivity contribution in [1.82, 2.24) is 9.62 Å². The van der Waals surface area contributed by atoms with Crippen LogP contribution in [0.25, 0.3) is 0 Å². The molecule has 0 aromatic heterocycles. The maximum atomic E-state index is 12.5. The van der Waals surface area contributed by atoms with Gasteiger partial charge in [0, 0.05) is 26.2 Å². The third-order valence-corrected chi connectivity index (χ3v) is 5.01. The van der Waals surface area contributed by atoms with E-state index < -0.39 is 27.9 Å². The van der Waals surface area contributed by atoms with Gasteiger partial charge in [-0.25, -0.2) is 13.1 Å². The molecule has 0 radical (unpaired) electrons. The lowest BCUT2D eigenvalue weighted by atomic mass is 10.2. The fourth-order valence-corrected chi connectivity index (χ4v) is 3.33. The molecule has 0 saturated carbocycles. The van der Waals surface area contributed by atoms with Gasteiger partial charge < -0.3 is 9.84 Å². The molecule has 1 aliphatic heterocycles. The number of hydrogen-bond acceptors (Lipinski definition) is 5. The molecular weight excluding hydrogens is 349 g/mol. The first-order valence-corrected chi connectivity index (χ1v) is 8.82. The van der Waals surface area contributed by atoms with Gasteiger partial charge in [0.25, 0.3) is 0 Å². The van der Waals surface area contributed by atoms with Gasteiger partial charge in [0.1, 0.15) is 0 Å². The van der Waals surface area contributed by atoms with Gasteiger partial charge in [-0.05, 0) is 24.3 Å². The molecule has 0 bridgehead atoms. The number of benzene rings is 1. The van der Waals surface area contributed by atoms with E-state index in [9.17, 15) is 26.7 Å². The Balaban J connectivity index is 1.90. The fraction of sp³-hybridized carbons (Fsp3) is 0.571. The van der Waals surface area contributed by atoms with E-state index in [2.05, 4.69) is 4.72 Å². The number of β-amino-alcohol motifs (C(OH)–C–C–N with tert-alkyl or cyclic N) is 1. The Bertz CT molecular complexity index is 628. The second-order valence-electron chi connectivity index (χ2n) is 5.44. The number of aliphatic hydroxyl groups excluding tert-OH is 1.